The number of anilines is 1. The van der Waals surface area contributed by atoms with Crippen LogP contribution in [-0.2, 0) is 16.0 Å². The van der Waals surface area contributed by atoms with E-state index in [0.29, 0.717) is 12.8 Å². The number of amides is 1. The van der Waals surface area contributed by atoms with E-state index in [1.54, 1.807) is 37.0 Å². The Balaban J connectivity index is 2.41. The molecule has 5 heteroatoms. The minimum absolute atomic E-state index is 0.0997. The Morgan fingerprint density at radius 2 is 2.05 bits per heavy atom. The molecule has 5 nitrogen and oxygen atoms in total. The van der Waals surface area contributed by atoms with Gasteiger partial charge in [-0.3, -0.25) is 14.5 Å². The van der Waals surface area contributed by atoms with E-state index in [0.717, 1.165) is 16.8 Å². The first kappa shape index (κ1) is 13.5. The van der Waals surface area contributed by atoms with E-state index in [4.69, 9.17) is 0 Å². The maximum atomic E-state index is 11.6. The van der Waals surface area contributed by atoms with E-state index in [-0.39, 0.29) is 5.91 Å². The Labute approximate surface area is 112 Å². The van der Waals surface area contributed by atoms with Crippen LogP contribution in [0.1, 0.15) is 23.6 Å². The zero-order valence-electron chi connectivity index (χ0n) is 11.4. The first-order chi connectivity index (χ1) is 8.91. The predicted octanol–water partition coefficient (Wildman–Crippen LogP) is 1.28. The highest BCUT2D eigenvalue weighted by atomic mass is 16.4. The minimum Gasteiger partial charge on any atom is -0.480 e. The summed E-state index contributed by atoms with van der Waals surface area (Å²) in [4.78, 5) is 26.2. The second-order valence-corrected chi connectivity index (χ2v) is 5.05. The van der Waals surface area contributed by atoms with Crippen LogP contribution in [0.2, 0.25) is 0 Å². The molecule has 0 spiro atoms. The summed E-state index contributed by atoms with van der Waals surface area (Å²) in [5.41, 5.74) is 2.66. The molecule has 1 heterocycles. The van der Waals surface area contributed by atoms with Gasteiger partial charge in [-0.25, -0.2) is 0 Å². The molecule has 1 amide bonds. The van der Waals surface area contributed by atoms with Gasteiger partial charge in [0.25, 0.3) is 0 Å². The first-order valence-electron chi connectivity index (χ1n) is 6.20. The van der Waals surface area contributed by atoms with Crippen LogP contribution in [0.4, 0.5) is 5.69 Å². The molecule has 1 unspecified atom stereocenters. The third kappa shape index (κ3) is 2.46. The highest BCUT2D eigenvalue weighted by molar-refractivity contribution is 5.96. The monoisotopic (exact) mass is 262 g/mol. The number of carbonyl (C=O) groups is 2. The molecule has 1 aromatic rings. The molecule has 1 aromatic carbocycles. The number of aryl methyl sites for hydroxylation is 1. The Kier molecular flexibility index (Phi) is 3.57. The van der Waals surface area contributed by atoms with Gasteiger partial charge in [-0.1, -0.05) is 12.1 Å². The Morgan fingerprint density at radius 1 is 1.37 bits per heavy atom. The van der Waals surface area contributed by atoms with Crippen LogP contribution in [0.3, 0.4) is 0 Å². The van der Waals surface area contributed by atoms with Crippen LogP contribution in [0.25, 0.3) is 0 Å². The molecule has 102 valence electrons. The van der Waals surface area contributed by atoms with Gasteiger partial charge >= 0.3 is 5.97 Å². The topological polar surface area (TPSA) is 60.9 Å². The predicted molar refractivity (Wildman–Crippen MR) is 72.2 cm³/mol. The Bertz CT molecular complexity index is 525. The van der Waals surface area contributed by atoms with Crippen molar-refractivity contribution in [2.45, 2.75) is 18.9 Å². The number of fused-ring (bicyclic) bond motifs is 1. The van der Waals surface area contributed by atoms with E-state index in [9.17, 15) is 14.7 Å². The van der Waals surface area contributed by atoms with Crippen molar-refractivity contribution in [2.75, 3.05) is 26.0 Å². The van der Waals surface area contributed by atoms with Crippen LogP contribution >= 0.6 is 0 Å². The molecule has 0 aliphatic carbocycles. The van der Waals surface area contributed by atoms with Gasteiger partial charge in [0.15, 0.2) is 0 Å². The number of benzene rings is 1. The molecule has 0 radical (unpaired) electrons. The van der Waals surface area contributed by atoms with E-state index in [1.807, 2.05) is 12.1 Å². The number of rotatable bonds is 3. The first-order valence-corrected chi connectivity index (χ1v) is 6.20. The lowest BCUT2D eigenvalue weighted by Gasteiger charge is -2.28. The molecule has 2 rings (SSSR count). The summed E-state index contributed by atoms with van der Waals surface area (Å²) in [6.07, 6.45) is 1.15. The normalized spacial score (nSPS) is 16.4. The van der Waals surface area contributed by atoms with E-state index in [2.05, 4.69) is 0 Å². The van der Waals surface area contributed by atoms with E-state index < -0.39 is 12.0 Å². The fraction of sp³-hybridized carbons (Fsp3) is 0.429. The number of carbonyl (C=O) groups excluding carboxylic acids is 1. The standard InChI is InChI=1S/C14H18N2O3/c1-15(2)13(14(18)19)10-4-6-11-9(8-10)5-7-12(17)16(11)3/h4,6,8,13H,5,7H2,1-3H3,(H,18,19). The number of nitrogens with zero attached hydrogens (tertiary/aromatic N) is 2. The molecule has 1 aliphatic rings. The molecule has 1 aliphatic heterocycles. The van der Waals surface area contributed by atoms with Gasteiger partial charge in [-0.2, -0.15) is 0 Å². The summed E-state index contributed by atoms with van der Waals surface area (Å²) in [6, 6.07) is 4.86. The average molecular weight is 262 g/mol. The van der Waals surface area contributed by atoms with Gasteiger partial charge in [0.2, 0.25) is 5.91 Å². The molecular formula is C14H18N2O3. The number of hydrogen-bond acceptors (Lipinski definition) is 3. The molecule has 0 fully saturated rings. The maximum absolute atomic E-state index is 11.6. The molecule has 1 N–H and O–H groups in total. The van der Waals surface area contributed by atoms with Gasteiger partial charge in [-0.05, 0) is 37.7 Å². The number of carboxylic acid groups (broad SMARTS) is 1. The highest BCUT2D eigenvalue weighted by Crippen LogP contribution is 2.30. The van der Waals surface area contributed by atoms with Crippen molar-refractivity contribution in [3.63, 3.8) is 0 Å². The second kappa shape index (κ2) is 5.01. The van der Waals surface area contributed by atoms with Crippen molar-refractivity contribution >= 4 is 17.6 Å². The fourth-order valence-corrected chi connectivity index (χ4v) is 2.51. The largest absolute Gasteiger partial charge is 0.480 e. The van der Waals surface area contributed by atoms with E-state index in [1.165, 1.54) is 0 Å². The van der Waals surface area contributed by atoms with Crippen LogP contribution in [0.15, 0.2) is 18.2 Å². The number of likely N-dealkylation sites (N-methyl/N-ethyl adjacent to an activating group) is 1. The van der Waals surface area contributed by atoms with Crippen LogP contribution in [0.5, 0.6) is 0 Å². The lowest BCUT2D eigenvalue weighted by Crippen LogP contribution is -2.32. The van der Waals surface area contributed by atoms with Crippen molar-refractivity contribution in [2.24, 2.45) is 0 Å². The van der Waals surface area contributed by atoms with Crippen molar-refractivity contribution < 1.29 is 14.7 Å². The molecule has 0 aromatic heterocycles. The molecule has 0 saturated heterocycles. The third-order valence-corrected chi connectivity index (χ3v) is 3.51. The summed E-state index contributed by atoms with van der Waals surface area (Å²) in [5.74, 6) is -0.771. The molecule has 0 bridgehead atoms. The average Bonchev–Trinajstić information content (AvgIpc) is 2.33. The molecular weight excluding hydrogens is 244 g/mol. The number of aliphatic carboxylic acids is 1. The lowest BCUT2D eigenvalue weighted by atomic mass is 9.96. The fourth-order valence-electron chi connectivity index (χ4n) is 2.51. The summed E-state index contributed by atoms with van der Waals surface area (Å²) in [5, 5.41) is 9.29. The van der Waals surface area contributed by atoms with Gasteiger partial charge in [0.05, 0.1) is 0 Å². The molecule has 1 atom stereocenters. The zero-order valence-corrected chi connectivity index (χ0v) is 11.4. The van der Waals surface area contributed by atoms with E-state index >= 15 is 0 Å². The SMILES string of the molecule is CN1C(=O)CCc2cc(C(C(=O)O)N(C)C)ccc21. The van der Waals surface area contributed by atoms with Crippen molar-refractivity contribution in [3.8, 4) is 0 Å². The number of carboxylic acids is 1. The Morgan fingerprint density at radius 3 is 2.63 bits per heavy atom. The molecule has 0 saturated carbocycles. The van der Waals surface area contributed by atoms with Gasteiger partial charge in [0.1, 0.15) is 6.04 Å². The second-order valence-electron chi connectivity index (χ2n) is 5.05. The minimum atomic E-state index is -0.870. The zero-order chi connectivity index (χ0) is 14.2. The van der Waals surface area contributed by atoms with Crippen LogP contribution in [0, 0.1) is 0 Å². The van der Waals surface area contributed by atoms with Crippen molar-refractivity contribution in [1.29, 1.82) is 0 Å². The maximum Gasteiger partial charge on any atom is 0.325 e. The van der Waals surface area contributed by atoms with Crippen molar-refractivity contribution in [3.05, 3.63) is 29.3 Å². The summed E-state index contributed by atoms with van der Waals surface area (Å²) < 4.78 is 0. The van der Waals surface area contributed by atoms with Gasteiger partial charge < -0.3 is 10.0 Å². The summed E-state index contributed by atoms with van der Waals surface area (Å²) in [7, 11) is 5.24. The smallest absolute Gasteiger partial charge is 0.325 e. The quantitative estimate of drug-likeness (QED) is 0.891. The molecule has 19 heavy (non-hydrogen) atoms. The highest BCUT2D eigenvalue weighted by Gasteiger charge is 2.26. The summed E-state index contributed by atoms with van der Waals surface area (Å²) in [6.45, 7) is 0. The lowest BCUT2D eigenvalue weighted by molar-refractivity contribution is -0.142. The number of hydrogen-bond donors (Lipinski definition) is 1. The van der Waals surface area contributed by atoms with Crippen LogP contribution < -0.4 is 4.90 Å². The van der Waals surface area contributed by atoms with Crippen molar-refractivity contribution in [1.82, 2.24) is 4.90 Å². The third-order valence-electron chi connectivity index (χ3n) is 3.51. The van der Waals surface area contributed by atoms with Gasteiger partial charge in [-0.15, -0.1) is 0 Å². The van der Waals surface area contributed by atoms with Crippen LogP contribution in [-0.4, -0.2) is 43.0 Å². The summed E-state index contributed by atoms with van der Waals surface area (Å²) >= 11 is 0. The van der Waals surface area contributed by atoms with Gasteiger partial charge in [0, 0.05) is 19.2 Å². The Hall–Kier alpha value is -1.88.